The van der Waals surface area contributed by atoms with Gasteiger partial charge >= 0.3 is 0 Å². The molecule has 2 nitrogen and oxygen atoms in total. The van der Waals surface area contributed by atoms with E-state index in [2.05, 4.69) is 17.1 Å². The van der Waals surface area contributed by atoms with Crippen LogP contribution in [-0.4, -0.2) is 11.0 Å². The Morgan fingerprint density at radius 3 is 2.43 bits per heavy atom. The molecule has 0 unspecified atom stereocenters. The normalized spacial score (nSPS) is 13.4. The summed E-state index contributed by atoms with van der Waals surface area (Å²) in [4.78, 5) is 2.75. The Hall–Kier alpha value is 0.140. The van der Waals surface area contributed by atoms with E-state index in [0.29, 0.717) is 4.99 Å². The molecule has 0 bridgehead atoms. The highest BCUT2D eigenvalue weighted by Gasteiger charge is 1.98. The molecule has 0 aliphatic carbocycles. The number of thiocarbonyl (C=S) groups is 1. The fraction of sp³-hybridized carbons (Fsp3) is 0.667. The second-order valence-electron chi connectivity index (χ2n) is 1.23. The second kappa shape index (κ2) is 3.18. The molecule has 0 fully saturated rings. The van der Waals surface area contributed by atoms with E-state index < -0.39 is 0 Å². The molecule has 3 N–H and O–H groups in total. The van der Waals surface area contributed by atoms with Crippen molar-refractivity contribution in [3.05, 3.63) is 0 Å². The van der Waals surface area contributed by atoms with Crippen LogP contribution in [0.1, 0.15) is 6.92 Å². The van der Waals surface area contributed by atoms with E-state index in [1.807, 2.05) is 0 Å². The van der Waals surface area contributed by atoms with Crippen LogP contribution in [0.15, 0.2) is 0 Å². The van der Waals surface area contributed by atoms with Crippen LogP contribution in [-0.2, 0) is 0 Å². The number of hydrogen-bond acceptors (Lipinski definition) is 2. The summed E-state index contributed by atoms with van der Waals surface area (Å²) >= 11 is 9.68. The zero-order valence-corrected chi connectivity index (χ0v) is 5.51. The highest BCUT2D eigenvalue weighted by molar-refractivity contribution is 7.80. The third-order valence-electron chi connectivity index (χ3n) is 0.590. The summed E-state index contributed by atoms with van der Waals surface area (Å²) in [6, 6.07) is -0.0725. The molecule has 0 saturated heterocycles. The van der Waals surface area contributed by atoms with Gasteiger partial charge in [-0.2, -0.15) is 0 Å². The van der Waals surface area contributed by atoms with Crippen molar-refractivity contribution in [1.29, 1.82) is 0 Å². The van der Waals surface area contributed by atoms with E-state index in [1.165, 1.54) is 0 Å². The molecule has 0 radical (unpaired) electrons. The van der Waals surface area contributed by atoms with Crippen LogP contribution in [0.5, 0.6) is 0 Å². The Morgan fingerprint density at radius 2 is 2.43 bits per heavy atom. The summed E-state index contributed by atoms with van der Waals surface area (Å²) in [5.41, 5.74) is 5.13. The van der Waals surface area contributed by atoms with Gasteiger partial charge in [-0.05, 0) is 18.7 Å². The fourth-order valence-electron chi connectivity index (χ4n) is 0.0538. The van der Waals surface area contributed by atoms with E-state index in [4.69, 9.17) is 17.5 Å². The average Bonchev–Trinajstić information content (AvgIpc) is 1.65. The Morgan fingerprint density at radius 1 is 2.00 bits per heavy atom. The standard InChI is InChI=1S/C3H7ClN2S/c1-2(6-4)3(5)7/h2,6H,1H3,(H2,5,7)/t2-/m0/s1. The number of hydrogen-bond donors (Lipinski definition) is 2. The molecule has 1 atom stereocenters. The van der Waals surface area contributed by atoms with Gasteiger partial charge in [0.25, 0.3) is 0 Å². The lowest BCUT2D eigenvalue weighted by molar-refractivity contribution is 0.889. The molecule has 0 aromatic carbocycles. The van der Waals surface area contributed by atoms with E-state index >= 15 is 0 Å². The quantitative estimate of drug-likeness (QED) is 0.429. The van der Waals surface area contributed by atoms with Gasteiger partial charge < -0.3 is 5.73 Å². The summed E-state index contributed by atoms with van der Waals surface area (Å²) in [5, 5.41) is 0. The maximum Gasteiger partial charge on any atom is 0.0909 e. The van der Waals surface area contributed by atoms with Gasteiger partial charge in [0.15, 0.2) is 0 Å². The van der Waals surface area contributed by atoms with Crippen molar-refractivity contribution in [2.45, 2.75) is 13.0 Å². The zero-order chi connectivity index (χ0) is 5.86. The molecule has 0 aromatic rings. The van der Waals surface area contributed by atoms with Crippen molar-refractivity contribution < 1.29 is 0 Å². The lowest BCUT2D eigenvalue weighted by Gasteiger charge is -2.02. The number of nitrogens with two attached hydrogens (primary N) is 1. The summed E-state index contributed by atoms with van der Waals surface area (Å²) in [6.07, 6.45) is 0. The van der Waals surface area contributed by atoms with Gasteiger partial charge in [-0.25, -0.2) is 4.84 Å². The van der Waals surface area contributed by atoms with Gasteiger partial charge in [-0.15, -0.1) is 0 Å². The first-order chi connectivity index (χ1) is 3.18. The Bertz CT molecular complexity index is 75.3. The van der Waals surface area contributed by atoms with Crippen LogP contribution in [0, 0.1) is 0 Å². The van der Waals surface area contributed by atoms with Crippen LogP contribution >= 0.6 is 24.0 Å². The maximum atomic E-state index is 5.13. The molecule has 0 rings (SSSR count). The van der Waals surface area contributed by atoms with E-state index in [9.17, 15) is 0 Å². The van der Waals surface area contributed by atoms with Crippen LogP contribution in [0.25, 0.3) is 0 Å². The Balaban J connectivity index is 3.34. The summed E-state index contributed by atoms with van der Waals surface area (Å²) in [6.45, 7) is 1.79. The van der Waals surface area contributed by atoms with Gasteiger partial charge in [0, 0.05) is 0 Å². The van der Waals surface area contributed by atoms with Crippen molar-refractivity contribution >= 4 is 29.0 Å². The lowest BCUT2D eigenvalue weighted by Crippen LogP contribution is -2.31. The smallest absolute Gasteiger partial charge is 0.0909 e. The van der Waals surface area contributed by atoms with Gasteiger partial charge in [0.05, 0.1) is 11.0 Å². The minimum Gasteiger partial charge on any atom is -0.392 e. The van der Waals surface area contributed by atoms with Crippen LogP contribution in [0.2, 0.25) is 0 Å². The highest BCUT2D eigenvalue weighted by Crippen LogP contribution is 1.80. The Labute approximate surface area is 53.1 Å². The van der Waals surface area contributed by atoms with Gasteiger partial charge in [-0.3, -0.25) is 0 Å². The van der Waals surface area contributed by atoms with E-state index in [-0.39, 0.29) is 6.04 Å². The number of nitrogens with one attached hydrogen (secondary N) is 1. The van der Waals surface area contributed by atoms with Crippen LogP contribution < -0.4 is 10.6 Å². The second-order valence-corrected chi connectivity index (χ2v) is 1.92. The molecular weight excluding hydrogens is 132 g/mol. The van der Waals surface area contributed by atoms with Gasteiger partial charge in [0.1, 0.15) is 0 Å². The first-order valence-corrected chi connectivity index (χ1v) is 2.62. The van der Waals surface area contributed by atoms with E-state index in [1.54, 1.807) is 6.92 Å². The first-order valence-electron chi connectivity index (χ1n) is 1.84. The molecule has 0 heterocycles. The third kappa shape index (κ3) is 2.79. The zero-order valence-electron chi connectivity index (χ0n) is 3.94. The lowest BCUT2D eigenvalue weighted by atomic mass is 10.4. The molecule has 7 heavy (non-hydrogen) atoms. The minimum atomic E-state index is -0.0725. The SMILES string of the molecule is C[C@H](NCl)C(N)=S. The Kier molecular flexibility index (Phi) is 3.25. The third-order valence-corrected chi connectivity index (χ3v) is 1.27. The van der Waals surface area contributed by atoms with Crippen molar-refractivity contribution in [2.24, 2.45) is 5.73 Å². The number of rotatable bonds is 2. The highest BCUT2D eigenvalue weighted by atomic mass is 35.5. The largest absolute Gasteiger partial charge is 0.392 e. The first kappa shape index (κ1) is 7.14. The van der Waals surface area contributed by atoms with Gasteiger partial charge in [-0.1, -0.05) is 12.2 Å². The minimum absolute atomic E-state index is 0.0725. The summed E-state index contributed by atoms with van der Waals surface area (Å²) in [5.74, 6) is 0. The molecule has 0 aliphatic heterocycles. The van der Waals surface area contributed by atoms with Crippen molar-refractivity contribution in [2.75, 3.05) is 0 Å². The maximum absolute atomic E-state index is 5.13. The molecule has 0 aliphatic rings. The van der Waals surface area contributed by atoms with Gasteiger partial charge in [0.2, 0.25) is 0 Å². The predicted molar refractivity (Wildman–Crippen MR) is 35.2 cm³/mol. The topological polar surface area (TPSA) is 38.0 Å². The van der Waals surface area contributed by atoms with E-state index in [0.717, 1.165) is 0 Å². The molecule has 42 valence electrons. The monoisotopic (exact) mass is 138 g/mol. The molecule has 4 heteroatoms. The molecule has 0 saturated carbocycles. The summed E-state index contributed by atoms with van der Waals surface area (Å²) < 4.78 is 0. The van der Waals surface area contributed by atoms with Crippen LogP contribution in [0.4, 0.5) is 0 Å². The number of halogens is 1. The molecular formula is C3H7ClN2S. The average molecular weight is 139 g/mol. The van der Waals surface area contributed by atoms with Crippen molar-refractivity contribution in [1.82, 2.24) is 4.84 Å². The van der Waals surface area contributed by atoms with Crippen molar-refractivity contribution in [3.8, 4) is 0 Å². The van der Waals surface area contributed by atoms with Crippen LogP contribution in [0.3, 0.4) is 0 Å². The molecule has 0 amide bonds. The molecule has 0 spiro atoms. The molecule has 0 aromatic heterocycles. The fourth-order valence-corrected chi connectivity index (χ4v) is 0.295. The van der Waals surface area contributed by atoms with Crippen molar-refractivity contribution in [3.63, 3.8) is 0 Å². The summed E-state index contributed by atoms with van der Waals surface area (Å²) in [7, 11) is 0. The predicted octanol–water partition coefficient (Wildman–Crippen LogP) is 0.404.